The van der Waals surface area contributed by atoms with Gasteiger partial charge in [0.25, 0.3) is 0 Å². The van der Waals surface area contributed by atoms with Gasteiger partial charge in [-0.05, 0) is 24.3 Å². The summed E-state index contributed by atoms with van der Waals surface area (Å²) < 4.78 is 43.6. The normalized spacial score (nSPS) is 23.8. The minimum atomic E-state index is -3.23. The van der Waals surface area contributed by atoms with Crippen LogP contribution in [0.2, 0.25) is 0 Å². The number of sulfonamides is 1. The van der Waals surface area contributed by atoms with Crippen molar-refractivity contribution in [3.8, 4) is 17.2 Å². The summed E-state index contributed by atoms with van der Waals surface area (Å²) in [5, 5.41) is 7.14. The van der Waals surface area contributed by atoms with E-state index in [2.05, 4.69) is 11.1 Å². The van der Waals surface area contributed by atoms with Gasteiger partial charge in [-0.25, -0.2) is 17.7 Å². The first-order valence-electron chi connectivity index (χ1n) is 10.9. The lowest BCUT2D eigenvalue weighted by Crippen LogP contribution is -2.59. The third kappa shape index (κ3) is 3.14. The Balaban J connectivity index is 1.37. The summed E-state index contributed by atoms with van der Waals surface area (Å²) in [6.45, 7) is 1.93. The Morgan fingerprint density at radius 2 is 1.75 bits per heavy atom. The molecule has 0 aliphatic carbocycles. The van der Waals surface area contributed by atoms with Crippen molar-refractivity contribution in [1.82, 2.24) is 9.31 Å². The lowest BCUT2D eigenvalue weighted by atomic mass is 9.91. The summed E-state index contributed by atoms with van der Waals surface area (Å²) in [4.78, 5) is 0. The van der Waals surface area contributed by atoms with Gasteiger partial charge in [0, 0.05) is 43.5 Å². The Morgan fingerprint density at radius 3 is 2.53 bits per heavy atom. The number of rotatable bonds is 2. The van der Waals surface area contributed by atoms with Crippen LogP contribution in [0.5, 0.6) is 17.2 Å². The maximum Gasteiger partial charge on any atom is 0.211 e. The quantitative estimate of drug-likeness (QED) is 0.693. The Hall–Kier alpha value is -2.78. The van der Waals surface area contributed by atoms with E-state index < -0.39 is 15.7 Å². The summed E-state index contributed by atoms with van der Waals surface area (Å²) in [5.74, 6) is 2.36. The molecule has 6 rings (SSSR count). The van der Waals surface area contributed by atoms with Crippen molar-refractivity contribution in [2.24, 2.45) is 5.10 Å². The van der Waals surface area contributed by atoms with Gasteiger partial charge < -0.3 is 14.2 Å². The third-order valence-corrected chi connectivity index (χ3v) is 8.06. The minimum absolute atomic E-state index is 0.0490. The Morgan fingerprint density at radius 1 is 1.00 bits per heavy atom. The molecule has 0 radical (unpaired) electrons. The molecule has 4 heterocycles. The minimum Gasteiger partial charge on any atom is -0.486 e. The summed E-state index contributed by atoms with van der Waals surface area (Å²) in [6, 6.07) is 14.1. The average Bonchev–Trinajstić information content (AvgIpc) is 3.26. The molecule has 32 heavy (non-hydrogen) atoms. The third-order valence-electron chi connectivity index (χ3n) is 6.75. The predicted octanol–water partition coefficient (Wildman–Crippen LogP) is 2.75. The molecule has 9 heteroatoms. The Bertz CT molecular complexity index is 1200. The van der Waals surface area contributed by atoms with E-state index in [0.29, 0.717) is 39.1 Å². The second-order valence-electron chi connectivity index (χ2n) is 8.72. The number of para-hydroxylation sites is 1. The van der Waals surface area contributed by atoms with Crippen LogP contribution in [0.4, 0.5) is 0 Å². The molecule has 1 spiro atoms. The van der Waals surface area contributed by atoms with Crippen LogP contribution in [-0.4, -0.2) is 61.7 Å². The highest BCUT2D eigenvalue weighted by Gasteiger charge is 2.52. The number of nitrogens with zero attached hydrogens (tertiary/aromatic N) is 3. The zero-order valence-electron chi connectivity index (χ0n) is 17.9. The molecule has 1 fully saturated rings. The molecule has 1 atom stereocenters. The molecular formula is C23H25N3O5S. The molecule has 1 saturated heterocycles. The van der Waals surface area contributed by atoms with Gasteiger partial charge in [-0.3, -0.25) is 0 Å². The van der Waals surface area contributed by atoms with Gasteiger partial charge in [0.2, 0.25) is 15.7 Å². The molecule has 0 amide bonds. The maximum atomic E-state index is 12.1. The molecular weight excluding hydrogens is 430 g/mol. The van der Waals surface area contributed by atoms with E-state index in [9.17, 15) is 8.42 Å². The standard InChI is InChI=1S/C23H25N3O5S/c1-32(27,28)25-10-8-23(9-11-25)26-19(17-4-2-3-5-20(17)31-23)15-18(24-26)16-6-7-21-22(14-16)30-13-12-29-21/h2-7,14,19H,8-13,15H2,1H3/t19-/m1/s1. The first-order chi connectivity index (χ1) is 15.4. The average molecular weight is 456 g/mol. The maximum absolute atomic E-state index is 12.1. The van der Waals surface area contributed by atoms with E-state index >= 15 is 0 Å². The van der Waals surface area contributed by atoms with Crippen LogP contribution in [0, 0.1) is 0 Å². The molecule has 2 aromatic rings. The van der Waals surface area contributed by atoms with Gasteiger partial charge in [0.05, 0.1) is 18.0 Å². The largest absolute Gasteiger partial charge is 0.486 e. The van der Waals surface area contributed by atoms with Crippen LogP contribution in [0.3, 0.4) is 0 Å². The zero-order valence-corrected chi connectivity index (χ0v) is 18.7. The van der Waals surface area contributed by atoms with E-state index in [4.69, 9.17) is 19.3 Å². The molecule has 0 unspecified atom stereocenters. The summed E-state index contributed by atoms with van der Waals surface area (Å²) >= 11 is 0. The van der Waals surface area contributed by atoms with Crippen LogP contribution >= 0.6 is 0 Å². The summed E-state index contributed by atoms with van der Waals surface area (Å²) in [5.41, 5.74) is 2.43. The van der Waals surface area contributed by atoms with E-state index in [1.54, 1.807) is 0 Å². The molecule has 8 nitrogen and oxygen atoms in total. The second-order valence-corrected chi connectivity index (χ2v) is 10.7. The SMILES string of the molecule is CS(=O)(=O)N1CCC2(CC1)Oc1ccccc1[C@H]1CC(c3ccc4c(c3)OCCO4)=NN12. The monoisotopic (exact) mass is 455 g/mol. The molecule has 4 aliphatic heterocycles. The molecule has 0 aromatic heterocycles. The van der Waals surface area contributed by atoms with Crippen LogP contribution in [0.1, 0.15) is 36.4 Å². The van der Waals surface area contributed by atoms with Gasteiger partial charge in [0.15, 0.2) is 11.5 Å². The van der Waals surface area contributed by atoms with Crippen molar-refractivity contribution in [3.63, 3.8) is 0 Å². The van der Waals surface area contributed by atoms with E-state index in [0.717, 1.165) is 40.5 Å². The van der Waals surface area contributed by atoms with Gasteiger partial charge >= 0.3 is 0 Å². The number of hydrogen-bond acceptors (Lipinski definition) is 7. The number of benzene rings is 2. The molecule has 4 aliphatic rings. The number of ether oxygens (including phenoxy) is 3. The smallest absolute Gasteiger partial charge is 0.211 e. The number of fused-ring (bicyclic) bond motifs is 5. The first-order valence-corrected chi connectivity index (χ1v) is 12.8. The number of piperidine rings is 1. The number of hydrazone groups is 1. The topological polar surface area (TPSA) is 80.7 Å². The van der Waals surface area contributed by atoms with Gasteiger partial charge in [-0.2, -0.15) is 5.10 Å². The molecule has 0 bridgehead atoms. The fourth-order valence-corrected chi connectivity index (χ4v) is 5.97. The Labute approximate surface area is 187 Å². The van der Waals surface area contributed by atoms with Crippen LogP contribution in [0.15, 0.2) is 47.6 Å². The Kier molecular flexibility index (Phi) is 4.42. The molecule has 0 saturated carbocycles. The van der Waals surface area contributed by atoms with E-state index in [-0.39, 0.29) is 6.04 Å². The fourth-order valence-electron chi connectivity index (χ4n) is 5.12. The molecule has 168 valence electrons. The lowest BCUT2D eigenvalue weighted by molar-refractivity contribution is -0.143. The second kappa shape index (κ2) is 7.11. The lowest BCUT2D eigenvalue weighted by Gasteiger charge is -2.50. The zero-order chi connectivity index (χ0) is 21.9. The van der Waals surface area contributed by atoms with Crippen molar-refractivity contribution in [2.75, 3.05) is 32.6 Å². The molecule has 0 N–H and O–H groups in total. The van der Waals surface area contributed by atoms with Crippen LogP contribution in [-0.2, 0) is 10.0 Å². The number of hydrogen-bond donors (Lipinski definition) is 0. The first kappa shape index (κ1) is 19.9. The van der Waals surface area contributed by atoms with E-state index in [1.165, 1.54) is 10.6 Å². The van der Waals surface area contributed by atoms with Gasteiger partial charge in [-0.15, -0.1) is 0 Å². The summed E-state index contributed by atoms with van der Waals surface area (Å²) in [6.07, 6.45) is 3.13. The van der Waals surface area contributed by atoms with Crippen molar-refractivity contribution < 1.29 is 22.6 Å². The van der Waals surface area contributed by atoms with Crippen molar-refractivity contribution >= 4 is 15.7 Å². The van der Waals surface area contributed by atoms with Crippen LogP contribution in [0.25, 0.3) is 0 Å². The van der Waals surface area contributed by atoms with Crippen molar-refractivity contribution in [3.05, 3.63) is 53.6 Å². The predicted molar refractivity (Wildman–Crippen MR) is 119 cm³/mol. The fraction of sp³-hybridized carbons (Fsp3) is 0.435. The molecule has 2 aromatic carbocycles. The highest BCUT2D eigenvalue weighted by molar-refractivity contribution is 7.88. The van der Waals surface area contributed by atoms with Crippen LogP contribution < -0.4 is 14.2 Å². The van der Waals surface area contributed by atoms with E-state index in [1.807, 2.05) is 36.4 Å². The summed E-state index contributed by atoms with van der Waals surface area (Å²) in [7, 11) is -3.23. The van der Waals surface area contributed by atoms with Crippen molar-refractivity contribution in [1.29, 1.82) is 0 Å². The van der Waals surface area contributed by atoms with Gasteiger partial charge in [0.1, 0.15) is 19.0 Å². The highest BCUT2D eigenvalue weighted by Crippen LogP contribution is 2.50. The van der Waals surface area contributed by atoms with Crippen molar-refractivity contribution in [2.45, 2.75) is 31.0 Å². The van der Waals surface area contributed by atoms with Gasteiger partial charge in [-0.1, -0.05) is 18.2 Å². The highest BCUT2D eigenvalue weighted by atomic mass is 32.2.